The van der Waals surface area contributed by atoms with Crippen LogP contribution in [0.25, 0.3) is 0 Å². The van der Waals surface area contributed by atoms with Crippen LogP contribution < -0.4 is 10.1 Å². The Morgan fingerprint density at radius 1 is 1.00 bits per heavy atom. The Balaban J connectivity index is 0.00000342. The highest BCUT2D eigenvalue weighted by Gasteiger charge is 2.29. The number of nitrogens with one attached hydrogen (secondary N) is 1. The zero-order valence-electron chi connectivity index (χ0n) is 20.7. The smallest absolute Gasteiger partial charge is 0.317 e. The summed E-state index contributed by atoms with van der Waals surface area (Å²) < 4.78 is 5.25. The van der Waals surface area contributed by atoms with Gasteiger partial charge < -0.3 is 24.8 Å². The van der Waals surface area contributed by atoms with Crippen LogP contribution in [0.5, 0.6) is 5.75 Å². The molecular weight excluding hydrogens is 464 g/mol. The van der Waals surface area contributed by atoms with Crippen LogP contribution in [0.15, 0.2) is 48.5 Å². The van der Waals surface area contributed by atoms with Gasteiger partial charge in [-0.2, -0.15) is 0 Å². The lowest BCUT2D eigenvalue weighted by Crippen LogP contribution is -2.48. The number of hydrogen-bond donors (Lipinski definition) is 1. The highest BCUT2D eigenvalue weighted by molar-refractivity contribution is 5.85. The molecule has 0 aliphatic carbocycles. The van der Waals surface area contributed by atoms with Crippen LogP contribution in [0.2, 0.25) is 0 Å². The number of carbonyl (C=O) groups is 2. The molecule has 2 aromatic rings. The van der Waals surface area contributed by atoms with Crippen molar-refractivity contribution in [1.29, 1.82) is 0 Å². The number of amides is 3. The highest BCUT2D eigenvalue weighted by atomic mass is 35.5. The Morgan fingerprint density at radius 3 is 2.26 bits per heavy atom. The molecule has 0 unspecified atom stereocenters. The molecule has 2 heterocycles. The highest BCUT2D eigenvalue weighted by Crippen LogP contribution is 2.22. The van der Waals surface area contributed by atoms with E-state index in [0.29, 0.717) is 13.0 Å². The second kappa shape index (κ2) is 12.8. The van der Waals surface area contributed by atoms with Crippen molar-refractivity contribution >= 4 is 24.3 Å². The van der Waals surface area contributed by atoms with Crippen LogP contribution in [0.4, 0.5) is 4.79 Å². The number of urea groups is 1. The molecule has 2 aliphatic heterocycles. The number of hydrogen-bond acceptors (Lipinski definition) is 4. The van der Waals surface area contributed by atoms with Crippen LogP contribution in [-0.4, -0.2) is 79.1 Å². The van der Waals surface area contributed by atoms with Gasteiger partial charge in [0.05, 0.1) is 13.5 Å². The standard InChI is InChI=1S/C27H36N4O3.ClH/c1-21-3-5-23(6-4-21)20-31(26(32)19-22-7-9-25(34-2)10-8-22)24-11-14-29(15-12-24)17-18-30-16-13-28-27(30)33;/h3-10,24H,11-20H2,1-2H3,(H,28,33);1H. The van der Waals surface area contributed by atoms with E-state index in [4.69, 9.17) is 4.74 Å². The van der Waals surface area contributed by atoms with Crippen molar-refractivity contribution in [2.75, 3.05) is 46.4 Å². The zero-order chi connectivity index (χ0) is 23.9. The molecule has 2 saturated heterocycles. The molecule has 35 heavy (non-hydrogen) atoms. The number of rotatable bonds is 9. The fraction of sp³-hybridized carbons (Fsp3) is 0.481. The molecule has 7 nitrogen and oxygen atoms in total. The second-order valence-corrected chi connectivity index (χ2v) is 9.32. The summed E-state index contributed by atoms with van der Waals surface area (Å²) in [5, 5.41) is 2.86. The third-order valence-corrected chi connectivity index (χ3v) is 6.94. The van der Waals surface area contributed by atoms with E-state index in [-0.39, 0.29) is 30.4 Å². The van der Waals surface area contributed by atoms with E-state index in [1.54, 1.807) is 7.11 Å². The van der Waals surface area contributed by atoms with Gasteiger partial charge in [0.2, 0.25) is 5.91 Å². The molecule has 3 amide bonds. The molecule has 4 rings (SSSR count). The first-order valence-corrected chi connectivity index (χ1v) is 12.2. The minimum absolute atomic E-state index is 0. The minimum atomic E-state index is 0. The fourth-order valence-corrected chi connectivity index (χ4v) is 4.77. The number of aryl methyl sites for hydroxylation is 1. The van der Waals surface area contributed by atoms with E-state index >= 15 is 0 Å². The van der Waals surface area contributed by atoms with Gasteiger partial charge in [-0.1, -0.05) is 42.0 Å². The average Bonchev–Trinajstić information content (AvgIpc) is 3.27. The summed E-state index contributed by atoms with van der Waals surface area (Å²) in [6.07, 6.45) is 2.29. The molecule has 0 saturated carbocycles. The number of methoxy groups -OCH3 is 1. The Morgan fingerprint density at radius 2 is 1.66 bits per heavy atom. The van der Waals surface area contributed by atoms with E-state index in [2.05, 4.69) is 46.3 Å². The lowest BCUT2D eigenvalue weighted by atomic mass is 10.0. The number of ether oxygens (including phenoxy) is 1. The van der Waals surface area contributed by atoms with Gasteiger partial charge >= 0.3 is 6.03 Å². The Kier molecular flexibility index (Phi) is 9.81. The van der Waals surface area contributed by atoms with Crippen molar-refractivity contribution in [3.63, 3.8) is 0 Å². The number of likely N-dealkylation sites (tertiary alicyclic amines) is 1. The molecule has 0 spiro atoms. The Labute approximate surface area is 214 Å². The largest absolute Gasteiger partial charge is 0.497 e. The maximum absolute atomic E-state index is 13.5. The maximum atomic E-state index is 13.5. The van der Waals surface area contributed by atoms with Crippen LogP contribution >= 0.6 is 12.4 Å². The number of piperidine rings is 1. The quantitative estimate of drug-likeness (QED) is 0.572. The molecule has 0 aromatic heterocycles. The Bertz CT molecular complexity index is 959. The third kappa shape index (κ3) is 7.36. The summed E-state index contributed by atoms with van der Waals surface area (Å²) in [5.74, 6) is 0.962. The lowest BCUT2D eigenvalue weighted by molar-refractivity contribution is -0.134. The van der Waals surface area contributed by atoms with Crippen LogP contribution in [0.1, 0.15) is 29.5 Å². The molecular formula is C27H37ClN4O3. The molecule has 8 heteroatoms. The number of benzene rings is 2. The van der Waals surface area contributed by atoms with Crippen molar-refractivity contribution in [2.24, 2.45) is 0 Å². The summed E-state index contributed by atoms with van der Waals surface area (Å²) in [4.78, 5) is 31.7. The fourth-order valence-electron chi connectivity index (χ4n) is 4.77. The maximum Gasteiger partial charge on any atom is 0.317 e. The molecule has 1 N–H and O–H groups in total. The molecule has 2 fully saturated rings. The van der Waals surface area contributed by atoms with Crippen LogP contribution in [-0.2, 0) is 17.8 Å². The van der Waals surface area contributed by atoms with E-state index < -0.39 is 0 Å². The molecule has 0 bridgehead atoms. The monoisotopic (exact) mass is 500 g/mol. The second-order valence-electron chi connectivity index (χ2n) is 9.32. The molecule has 2 aromatic carbocycles. The van der Waals surface area contributed by atoms with Crippen LogP contribution in [0.3, 0.4) is 0 Å². The summed E-state index contributed by atoms with van der Waals surface area (Å²) in [5.41, 5.74) is 3.39. The molecule has 2 aliphatic rings. The SMILES string of the molecule is COc1ccc(CC(=O)N(Cc2ccc(C)cc2)C2CCN(CCN3CCNC3=O)CC2)cc1.Cl. The predicted octanol–water partition coefficient (Wildman–Crippen LogP) is 3.49. The van der Waals surface area contributed by atoms with Gasteiger partial charge in [0, 0.05) is 51.9 Å². The van der Waals surface area contributed by atoms with Gasteiger partial charge in [0.15, 0.2) is 0 Å². The third-order valence-electron chi connectivity index (χ3n) is 6.94. The molecule has 0 radical (unpaired) electrons. The van der Waals surface area contributed by atoms with Gasteiger partial charge in [0.25, 0.3) is 0 Å². The number of nitrogens with zero attached hydrogens (tertiary/aromatic N) is 3. The van der Waals surface area contributed by atoms with E-state index in [1.807, 2.05) is 29.2 Å². The normalized spacial score (nSPS) is 16.5. The van der Waals surface area contributed by atoms with Gasteiger partial charge in [-0.25, -0.2) is 4.79 Å². The first kappa shape index (κ1) is 26.8. The van der Waals surface area contributed by atoms with Gasteiger partial charge in [-0.3, -0.25) is 4.79 Å². The summed E-state index contributed by atoms with van der Waals surface area (Å²) in [6.45, 7) is 7.79. The van der Waals surface area contributed by atoms with E-state index in [9.17, 15) is 9.59 Å². The zero-order valence-corrected chi connectivity index (χ0v) is 21.6. The topological polar surface area (TPSA) is 65.1 Å². The van der Waals surface area contributed by atoms with Crippen LogP contribution in [0, 0.1) is 6.92 Å². The van der Waals surface area contributed by atoms with Crippen molar-refractivity contribution in [2.45, 2.75) is 38.8 Å². The first-order chi connectivity index (χ1) is 16.5. The summed E-state index contributed by atoms with van der Waals surface area (Å²) >= 11 is 0. The van der Waals surface area contributed by atoms with E-state index in [0.717, 1.165) is 69.0 Å². The Hall–Kier alpha value is -2.77. The van der Waals surface area contributed by atoms with Crippen molar-refractivity contribution in [3.05, 3.63) is 65.2 Å². The van der Waals surface area contributed by atoms with Crippen molar-refractivity contribution in [3.8, 4) is 5.75 Å². The summed E-state index contributed by atoms with van der Waals surface area (Å²) in [6, 6.07) is 16.5. The number of carbonyl (C=O) groups excluding carboxylic acids is 2. The lowest BCUT2D eigenvalue weighted by Gasteiger charge is -2.39. The minimum Gasteiger partial charge on any atom is -0.497 e. The van der Waals surface area contributed by atoms with Gasteiger partial charge in [-0.15, -0.1) is 12.4 Å². The molecule has 0 atom stereocenters. The molecule has 190 valence electrons. The predicted molar refractivity (Wildman–Crippen MR) is 140 cm³/mol. The van der Waals surface area contributed by atoms with Gasteiger partial charge in [0.1, 0.15) is 5.75 Å². The van der Waals surface area contributed by atoms with Gasteiger partial charge in [-0.05, 0) is 43.0 Å². The summed E-state index contributed by atoms with van der Waals surface area (Å²) in [7, 11) is 1.65. The number of halogens is 1. The van der Waals surface area contributed by atoms with Crippen molar-refractivity contribution < 1.29 is 14.3 Å². The van der Waals surface area contributed by atoms with Crippen molar-refractivity contribution in [1.82, 2.24) is 20.0 Å². The first-order valence-electron chi connectivity index (χ1n) is 12.2. The van der Waals surface area contributed by atoms with E-state index in [1.165, 1.54) is 5.56 Å². The average molecular weight is 501 g/mol.